The van der Waals surface area contributed by atoms with E-state index in [0.29, 0.717) is 5.69 Å². The average Bonchev–Trinajstić information content (AvgIpc) is 3.02. The first-order valence-corrected chi connectivity index (χ1v) is 9.32. The van der Waals surface area contributed by atoms with E-state index in [0.717, 1.165) is 35.9 Å². The Labute approximate surface area is 167 Å². The number of carboxylic acids is 1. The van der Waals surface area contributed by atoms with Crippen LogP contribution in [0.2, 0.25) is 0 Å². The van der Waals surface area contributed by atoms with Crippen molar-refractivity contribution in [2.24, 2.45) is 7.05 Å². The summed E-state index contributed by atoms with van der Waals surface area (Å²) in [6.45, 7) is 0. The van der Waals surface area contributed by atoms with Gasteiger partial charge in [-0.15, -0.1) is 0 Å². The van der Waals surface area contributed by atoms with Crippen LogP contribution in [0.1, 0.15) is 45.7 Å². The maximum atomic E-state index is 12.9. The lowest BCUT2D eigenvalue weighted by Crippen LogP contribution is -2.24. The largest absolute Gasteiger partial charge is 0.488 e. The van der Waals surface area contributed by atoms with Crippen LogP contribution in [0.3, 0.4) is 0 Å². The average molecular weight is 389 g/mol. The Morgan fingerprint density at radius 1 is 1.24 bits per heavy atom. The first-order valence-electron chi connectivity index (χ1n) is 9.32. The summed E-state index contributed by atoms with van der Waals surface area (Å²) in [6, 6.07) is 13.5. The molecule has 3 aromatic rings. The van der Waals surface area contributed by atoms with Gasteiger partial charge in [0.05, 0.1) is 34.5 Å². The maximum absolute atomic E-state index is 12.9. The maximum Gasteiger partial charge on any atom is 0.337 e. The molecule has 0 radical (unpaired) electrons. The summed E-state index contributed by atoms with van der Waals surface area (Å²) < 4.78 is 7.82. The number of hydrogen-bond donors (Lipinski definition) is 2. The summed E-state index contributed by atoms with van der Waals surface area (Å²) in [5, 5.41) is 21.9. The van der Waals surface area contributed by atoms with Gasteiger partial charge in [0.2, 0.25) is 0 Å². The summed E-state index contributed by atoms with van der Waals surface area (Å²) in [4.78, 5) is 24.4. The van der Waals surface area contributed by atoms with Gasteiger partial charge in [0.15, 0.2) is 0 Å². The van der Waals surface area contributed by atoms with Gasteiger partial charge in [-0.2, -0.15) is 5.26 Å². The van der Waals surface area contributed by atoms with E-state index < -0.39 is 11.9 Å². The van der Waals surface area contributed by atoms with E-state index in [4.69, 9.17) is 10.00 Å². The molecule has 2 aromatic carbocycles. The molecule has 0 spiro atoms. The molecule has 7 nitrogen and oxygen atoms in total. The number of hydrogen-bond acceptors (Lipinski definition) is 4. The molecule has 1 aliphatic carbocycles. The predicted octanol–water partition coefficient (Wildman–Crippen LogP) is 3.93. The number of nitrogens with one attached hydrogen (secondary N) is 1. The molecule has 1 aromatic heterocycles. The number of amides is 1. The predicted molar refractivity (Wildman–Crippen MR) is 107 cm³/mol. The van der Waals surface area contributed by atoms with Crippen LogP contribution in [0, 0.1) is 11.3 Å². The molecule has 0 unspecified atom stereocenters. The van der Waals surface area contributed by atoms with Crippen molar-refractivity contribution < 1.29 is 19.4 Å². The van der Waals surface area contributed by atoms with Crippen LogP contribution in [0.25, 0.3) is 10.9 Å². The van der Waals surface area contributed by atoms with E-state index in [1.807, 2.05) is 24.3 Å². The van der Waals surface area contributed by atoms with E-state index in [9.17, 15) is 14.7 Å². The van der Waals surface area contributed by atoms with Gasteiger partial charge in [-0.05, 0) is 49.6 Å². The molecule has 4 rings (SSSR count). The molecule has 0 atom stereocenters. The summed E-state index contributed by atoms with van der Waals surface area (Å²) in [5.41, 5.74) is 1.42. The number of benzene rings is 2. The molecule has 1 amide bonds. The Hall–Kier alpha value is -3.79. The zero-order chi connectivity index (χ0) is 20.5. The van der Waals surface area contributed by atoms with E-state index in [1.165, 1.54) is 18.2 Å². The number of fused-ring (bicyclic) bond motifs is 1. The van der Waals surface area contributed by atoms with E-state index in [-0.39, 0.29) is 22.9 Å². The monoisotopic (exact) mass is 389 g/mol. The van der Waals surface area contributed by atoms with Crippen LogP contribution in [0.4, 0.5) is 5.69 Å². The first-order chi connectivity index (χ1) is 14.0. The van der Waals surface area contributed by atoms with Gasteiger partial charge in [0.1, 0.15) is 11.4 Å². The van der Waals surface area contributed by atoms with Crippen molar-refractivity contribution in [2.45, 2.75) is 25.4 Å². The molecule has 0 bridgehead atoms. The van der Waals surface area contributed by atoms with Crippen LogP contribution in [-0.2, 0) is 7.05 Å². The number of aromatic carboxylic acids is 1. The molecule has 1 saturated carbocycles. The number of carboxylic acid groups (broad SMARTS) is 1. The molecular weight excluding hydrogens is 370 g/mol. The van der Waals surface area contributed by atoms with Gasteiger partial charge < -0.3 is 19.7 Å². The minimum absolute atomic E-state index is 0.134. The highest BCUT2D eigenvalue weighted by atomic mass is 16.5. The number of carbonyl (C=O) groups excluding carboxylic acids is 1. The second-order valence-electron chi connectivity index (χ2n) is 7.08. The van der Waals surface area contributed by atoms with E-state index in [1.54, 1.807) is 17.7 Å². The second-order valence-corrected chi connectivity index (χ2v) is 7.08. The van der Waals surface area contributed by atoms with Gasteiger partial charge in [-0.25, -0.2) is 4.79 Å². The molecule has 29 heavy (non-hydrogen) atoms. The van der Waals surface area contributed by atoms with Crippen LogP contribution in [0.5, 0.6) is 5.75 Å². The highest BCUT2D eigenvalue weighted by Crippen LogP contribution is 2.32. The fourth-order valence-corrected chi connectivity index (χ4v) is 3.45. The number of anilines is 1. The lowest BCUT2D eigenvalue weighted by atomic mass is 9.96. The topological polar surface area (TPSA) is 104 Å². The quantitative estimate of drug-likeness (QED) is 0.688. The van der Waals surface area contributed by atoms with Gasteiger partial charge >= 0.3 is 5.97 Å². The van der Waals surface area contributed by atoms with Crippen molar-refractivity contribution in [1.29, 1.82) is 5.26 Å². The Morgan fingerprint density at radius 3 is 2.69 bits per heavy atom. The van der Waals surface area contributed by atoms with Crippen molar-refractivity contribution in [1.82, 2.24) is 4.57 Å². The number of carbonyl (C=O) groups is 2. The third-order valence-electron chi connectivity index (χ3n) is 5.22. The molecular formula is C22H19N3O4. The van der Waals surface area contributed by atoms with Gasteiger partial charge in [-0.3, -0.25) is 4.79 Å². The molecule has 1 heterocycles. The first kappa shape index (κ1) is 18.6. The number of nitrogens with zero attached hydrogens (tertiary/aromatic N) is 2. The van der Waals surface area contributed by atoms with Crippen LogP contribution in [-0.4, -0.2) is 27.7 Å². The van der Waals surface area contributed by atoms with Crippen LogP contribution >= 0.6 is 0 Å². The standard InChI is InChI=1S/C22H19N3O4/c1-25-18(11-14-4-2-7-19(20(14)25)29-15-5-3-6-15)21(26)24-17-9-8-13(12-23)10-16(17)22(27)28/h2,4,7-11,15H,3,5-6H2,1H3,(H,24,26)(H,27,28). The Bertz CT molecular complexity index is 1170. The van der Waals surface area contributed by atoms with Gasteiger partial charge in [-0.1, -0.05) is 12.1 Å². The fourth-order valence-electron chi connectivity index (χ4n) is 3.45. The zero-order valence-corrected chi connectivity index (χ0v) is 15.8. The third kappa shape index (κ3) is 3.41. The van der Waals surface area contributed by atoms with Crippen molar-refractivity contribution >= 4 is 28.5 Å². The van der Waals surface area contributed by atoms with Crippen molar-refractivity contribution in [2.75, 3.05) is 5.32 Å². The minimum Gasteiger partial charge on any atom is -0.488 e. The van der Waals surface area contributed by atoms with Crippen LogP contribution < -0.4 is 10.1 Å². The molecule has 0 aliphatic heterocycles. The number of rotatable bonds is 5. The molecule has 2 N–H and O–H groups in total. The fraction of sp³-hybridized carbons (Fsp3) is 0.227. The molecule has 7 heteroatoms. The summed E-state index contributed by atoms with van der Waals surface area (Å²) in [6.07, 6.45) is 3.44. The minimum atomic E-state index is -1.22. The summed E-state index contributed by atoms with van der Waals surface area (Å²) >= 11 is 0. The van der Waals surface area contributed by atoms with E-state index >= 15 is 0 Å². The number of aryl methyl sites for hydroxylation is 1. The highest BCUT2D eigenvalue weighted by molar-refractivity contribution is 6.09. The van der Waals surface area contributed by atoms with Gasteiger partial charge in [0.25, 0.3) is 5.91 Å². The SMILES string of the molecule is Cn1c(C(=O)Nc2ccc(C#N)cc2C(=O)O)cc2cccc(OC3CCC3)c21. The second kappa shape index (κ2) is 7.32. The molecule has 1 aliphatic rings. The number of aromatic nitrogens is 1. The smallest absolute Gasteiger partial charge is 0.337 e. The lowest BCUT2D eigenvalue weighted by Gasteiger charge is -2.26. The third-order valence-corrected chi connectivity index (χ3v) is 5.22. The van der Waals surface area contributed by atoms with Crippen LogP contribution in [0.15, 0.2) is 42.5 Å². The molecule has 0 saturated heterocycles. The van der Waals surface area contributed by atoms with Crippen molar-refractivity contribution in [3.05, 3.63) is 59.3 Å². The summed E-state index contributed by atoms with van der Waals surface area (Å²) in [5.74, 6) is -0.922. The molecule has 146 valence electrons. The Balaban J connectivity index is 1.68. The number of ether oxygens (including phenoxy) is 1. The zero-order valence-electron chi connectivity index (χ0n) is 15.8. The Morgan fingerprint density at radius 2 is 2.03 bits per heavy atom. The van der Waals surface area contributed by atoms with Gasteiger partial charge in [0, 0.05) is 12.4 Å². The van der Waals surface area contributed by atoms with Crippen molar-refractivity contribution in [3.63, 3.8) is 0 Å². The summed E-state index contributed by atoms with van der Waals surface area (Å²) in [7, 11) is 1.78. The van der Waals surface area contributed by atoms with Crippen molar-refractivity contribution in [3.8, 4) is 11.8 Å². The highest BCUT2D eigenvalue weighted by Gasteiger charge is 2.23. The van der Waals surface area contributed by atoms with E-state index in [2.05, 4.69) is 5.32 Å². The Kier molecular flexibility index (Phi) is 4.69. The lowest BCUT2D eigenvalue weighted by molar-refractivity contribution is 0.0698. The normalized spacial score (nSPS) is 13.5. The number of nitriles is 1. The number of para-hydroxylation sites is 1. The molecule has 1 fully saturated rings.